The molecule has 146 heavy (non-hydrogen) atoms. The lowest BCUT2D eigenvalue weighted by Gasteiger charge is -2.29. The van der Waals surface area contributed by atoms with Gasteiger partial charge in [0, 0.05) is 87.7 Å². The normalized spacial score (nSPS) is 14.6. The second-order valence-corrected chi connectivity index (χ2v) is 40.7. The number of nitriles is 3. The van der Waals surface area contributed by atoms with Crippen LogP contribution in [0.1, 0.15) is 97.8 Å². The molecule has 6 aromatic heterocycles. The lowest BCUT2D eigenvalue weighted by Crippen LogP contribution is -2.24. The van der Waals surface area contributed by atoms with Crippen molar-refractivity contribution in [2.24, 2.45) is 5.92 Å². The van der Waals surface area contributed by atoms with Crippen molar-refractivity contribution in [2.45, 2.75) is 63.7 Å². The summed E-state index contributed by atoms with van der Waals surface area (Å²) in [6.07, 6.45) is 9.12. The summed E-state index contributed by atoms with van der Waals surface area (Å²) < 4.78 is 6.84. The number of hydrogen-bond donors (Lipinski definition) is 0. The number of benzene rings is 19. The molecule has 4 aliphatic carbocycles. The zero-order chi connectivity index (χ0) is 98.1. The molecular formula is C135H91N11. The number of para-hydroxylation sites is 3. The van der Waals surface area contributed by atoms with Gasteiger partial charge in [0.1, 0.15) is 12.1 Å². The molecule has 2 atom stereocenters. The van der Waals surface area contributed by atoms with Crippen molar-refractivity contribution in [1.29, 1.82) is 15.8 Å². The summed E-state index contributed by atoms with van der Waals surface area (Å²) in [5, 5.41) is 44.2. The molecule has 0 spiro atoms. The topological polar surface area (TPSA) is 151 Å². The molecule has 29 rings (SSSR count). The number of hydrogen-bond acceptors (Lipinski definition) is 8. The summed E-state index contributed by atoms with van der Waals surface area (Å²) in [7, 11) is 0. The molecule has 11 nitrogen and oxygen atoms in total. The lowest BCUT2D eigenvalue weighted by atomic mass is 9.74. The van der Waals surface area contributed by atoms with Gasteiger partial charge in [-0.05, 0) is 279 Å². The molecule has 4 aliphatic rings. The Morgan fingerprint density at radius 1 is 0.260 bits per heavy atom. The standard InChI is InChI=1S/C47H31N3.C46H30N4.C42H30N4/c1-47(2)40-13-7-5-12-37(40)38-22-17-32(26-41(38)47)31-19-23-44-39(25-31)46-36-11-4-3-9-29(36)18-24-45(46)50(44)34-20-15-30(16-21-34)43-27-33(28-48)35-10-6-8-14-42(35)49-43;1-46(2)38-13-7-5-11-34(38)35-22-17-31(26-39(35)46)30-19-23-42-37(25-30)44-33-10-4-3-9-28(33)18-24-43(44)50(42)32-20-15-29(16-21-32)45-48-40-14-8-6-12-36(40)41(27-47)49-45;1-42(2)35-14-8-6-12-30(35)31-19-16-29(24-36(31)42)28-18-21-40-34(23-28)33-22-27(26-10-4-3-5-11-26)17-20-39(33)46(40)41-44-37-15-9-7-13-32(37)38(25-43)45-41/h3-27H,1-2H3;3-26H,1-2H3;3-24,30,35H,1-2H3. The quantitative estimate of drug-likeness (QED) is 0.139. The molecule has 11 heteroatoms. The smallest absolute Gasteiger partial charge is 0.236 e. The second-order valence-electron chi connectivity index (χ2n) is 40.7. The molecule has 0 amide bonds. The van der Waals surface area contributed by atoms with Crippen LogP contribution in [-0.2, 0) is 16.2 Å². The molecule has 0 aliphatic heterocycles. The average molecular weight is 1870 g/mol. The number of aromatic nitrogens is 8. The first kappa shape index (κ1) is 86.3. The van der Waals surface area contributed by atoms with Gasteiger partial charge in [-0.25, -0.2) is 24.9 Å². The summed E-state index contributed by atoms with van der Waals surface area (Å²) in [5.74, 6) is 1.95. The highest BCUT2D eigenvalue weighted by Gasteiger charge is 2.45. The van der Waals surface area contributed by atoms with E-state index in [0.29, 0.717) is 40.6 Å². The fourth-order valence-electron chi connectivity index (χ4n) is 24.3. The van der Waals surface area contributed by atoms with E-state index < -0.39 is 0 Å². The van der Waals surface area contributed by atoms with Crippen LogP contribution in [0.3, 0.4) is 0 Å². The van der Waals surface area contributed by atoms with Crippen LogP contribution < -0.4 is 0 Å². The third kappa shape index (κ3) is 13.6. The Labute approximate surface area is 843 Å². The molecule has 0 bridgehead atoms. The highest BCUT2D eigenvalue weighted by molar-refractivity contribution is 6.24. The van der Waals surface area contributed by atoms with Gasteiger partial charge in [0.15, 0.2) is 17.2 Å². The Hall–Kier alpha value is -18.9. The van der Waals surface area contributed by atoms with E-state index in [1.807, 2.05) is 84.9 Å². The van der Waals surface area contributed by atoms with E-state index in [-0.39, 0.29) is 16.2 Å². The molecule has 686 valence electrons. The Bertz CT molecular complexity index is 9700. The van der Waals surface area contributed by atoms with Gasteiger partial charge in [-0.2, -0.15) is 15.8 Å². The van der Waals surface area contributed by atoms with E-state index >= 15 is 0 Å². The van der Waals surface area contributed by atoms with Gasteiger partial charge < -0.3 is 9.13 Å². The molecule has 0 saturated heterocycles. The monoisotopic (exact) mass is 1870 g/mol. The summed E-state index contributed by atoms with van der Waals surface area (Å²) in [5.41, 5.74) is 38.4. The zero-order valence-electron chi connectivity index (χ0n) is 81.1. The average Bonchev–Trinajstić information content (AvgIpc) is 1.65. The molecule has 0 radical (unpaired) electrons. The fourth-order valence-corrected chi connectivity index (χ4v) is 24.3. The van der Waals surface area contributed by atoms with Crippen LogP contribution in [0.4, 0.5) is 0 Å². The van der Waals surface area contributed by atoms with Crippen LogP contribution in [0.15, 0.2) is 431 Å². The van der Waals surface area contributed by atoms with Crippen LogP contribution >= 0.6 is 0 Å². The summed E-state index contributed by atoms with van der Waals surface area (Å²) in [4.78, 5) is 24.1. The van der Waals surface area contributed by atoms with E-state index in [1.165, 1.54) is 143 Å². The van der Waals surface area contributed by atoms with Crippen LogP contribution in [0.5, 0.6) is 0 Å². The van der Waals surface area contributed by atoms with Gasteiger partial charge in [-0.15, -0.1) is 0 Å². The maximum absolute atomic E-state index is 10.0. The molecule has 0 saturated carbocycles. The van der Waals surface area contributed by atoms with Crippen LogP contribution in [0.2, 0.25) is 0 Å². The lowest BCUT2D eigenvalue weighted by molar-refractivity contribution is 0.394. The molecule has 25 aromatic rings. The van der Waals surface area contributed by atoms with Crippen molar-refractivity contribution < 1.29 is 0 Å². The summed E-state index contributed by atoms with van der Waals surface area (Å²) in [6, 6.07) is 151. The number of rotatable bonds is 9. The number of fused-ring (bicyclic) bond motifs is 25. The first-order valence-corrected chi connectivity index (χ1v) is 49.9. The molecular weight excluding hydrogens is 1780 g/mol. The number of pyridine rings is 1. The molecule has 0 fully saturated rings. The minimum Gasteiger partial charge on any atom is -0.309 e. The maximum Gasteiger partial charge on any atom is 0.236 e. The molecule has 19 aromatic carbocycles. The van der Waals surface area contributed by atoms with Crippen LogP contribution in [-0.4, -0.2) is 38.6 Å². The number of nitrogens with zero attached hydrogens (tertiary/aromatic N) is 11. The molecule has 6 heterocycles. The Balaban J connectivity index is 0.000000109. The Kier molecular flexibility index (Phi) is 19.7. The van der Waals surface area contributed by atoms with Gasteiger partial charge in [0.25, 0.3) is 0 Å². The van der Waals surface area contributed by atoms with Gasteiger partial charge >= 0.3 is 0 Å². The maximum atomic E-state index is 10.0. The van der Waals surface area contributed by atoms with Crippen molar-refractivity contribution in [3.63, 3.8) is 0 Å². The van der Waals surface area contributed by atoms with Gasteiger partial charge in [-0.3, -0.25) is 4.57 Å². The van der Waals surface area contributed by atoms with E-state index in [4.69, 9.17) is 19.9 Å². The highest BCUT2D eigenvalue weighted by atomic mass is 15.2. The van der Waals surface area contributed by atoms with Gasteiger partial charge in [0.2, 0.25) is 5.95 Å². The van der Waals surface area contributed by atoms with Crippen molar-refractivity contribution in [3.05, 3.63) is 481 Å². The number of allylic oxidation sites excluding steroid dienone is 4. The van der Waals surface area contributed by atoms with Gasteiger partial charge in [0.05, 0.1) is 67.0 Å². The van der Waals surface area contributed by atoms with Crippen LogP contribution in [0, 0.1) is 39.9 Å². The van der Waals surface area contributed by atoms with Crippen molar-refractivity contribution >= 4 is 120 Å². The third-order valence-electron chi connectivity index (χ3n) is 31.7. The molecule has 0 N–H and O–H groups in total. The van der Waals surface area contributed by atoms with E-state index in [1.54, 1.807) is 0 Å². The fraction of sp³-hybridized carbons (Fsp3) is 0.0815. The first-order chi connectivity index (χ1) is 71.5. The zero-order valence-corrected chi connectivity index (χ0v) is 81.1. The first-order valence-electron chi connectivity index (χ1n) is 49.9. The van der Waals surface area contributed by atoms with Crippen molar-refractivity contribution in [2.75, 3.05) is 0 Å². The summed E-state index contributed by atoms with van der Waals surface area (Å²) in [6.45, 7) is 14.1. The van der Waals surface area contributed by atoms with Crippen molar-refractivity contribution in [1.82, 2.24) is 38.6 Å². The van der Waals surface area contributed by atoms with E-state index in [0.717, 1.165) is 105 Å². The Morgan fingerprint density at radius 2 is 0.658 bits per heavy atom. The second kappa shape index (κ2) is 33.4. The highest BCUT2D eigenvalue weighted by Crippen LogP contribution is 2.56. The van der Waals surface area contributed by atoms with Gasteiger partial charge in [-0.1, -0.05) is 327 Å². The van der Waals surface area contributed by atoms with Crippen LogP contribution in [0.25, 0.3) is 226 Å². The predicted octanol–water partition coefficient (Wildman–Crippen LogP) is 33.4. The minimum atomic E-state index is -0.0571. The summed E-state index contributed by atoms with van der Waals surface area (Å²) >= 11 is 0. The Morgan fingerprint density at radius 3 is 1.19 bits per heavy atom. The molecule has 2 unspecified atom stereocenters. The van der Waals surface area contributed by atoms with E-state index in [2.05, 4.69) is 424 Å². The third-order valence-corrected chi connectivity index (χ3v) is 31.7. The largest absolute Gasteiger partial charge is 0.309 e. The minimum absolute atomic E-state index is 0.0495. The van der Waals surface area contributed by atoms with E-state index in [9.17, 15) is 15.8 Å². The predicted molar refractivity (Wildman–Crippen MR) is 598 cm³/mol. The van der Waals surface area contributed by atoms with Crippen molar-refractivity contribution in [3.8, 4) is 125 Å². The SMILES string of the molecule is CC1(C)c2cc(-c3ccc4c(c3)c3cc(-c5ccccc5)ccc3n4-c3nc(C#N)c4ccccc4n3)ccc2C2C=CC=CC21.CC1(C)c2ccccc2-c2ccc(-c3ccc4c(c3)c3c5ccccc5ccc3n4-c3ccc(-c4cc(C#N)c5ccccc5n4)cc3)cc21.CC1(C)c2ccccc2-c2ccc(-c3ccc4c(c3)c3c5ccccc5ccc3n4-c3ccc(-c4nc(C#N)c5ccccc5n4)cc3)cc21.